The highest BCUT2D eigenvalue weighted by molar-refractivity contribution is 7.10. The molecular weight excluding hydrogens is 474 g/mol. The average Bonchev–Trinajstić information content (AvgIpc) is 3.40. The van der Waals surface area contributed by atoms with Gasteiger partial charge in [0.1, 0.15) is 0 Å². The third kappa shape index (κ3) is 4.89. The van der Waals surface area contributed by atoms with Gasteiger partial charge in [-0.05, 0) is 78.3 Å². The third-order valence-electron chi connectivity index (χ3n) is 6.02. The Morgan fingerprint density at radius 1 is 1.03 bits per heavy atom. The second-order valence-corrected chi connectivity index (χ2v) is 9.41. The first-order valence-electron chi connectivity index (χ1n) is 11.5. The van der Waals surface area contributed by atoms with Crippen molar-refractivity contribution in [2.75, 3.05) is 11.9 Å². The molecule has 1 aliphatic carbocycles. The number of nitrogens with two attached hydrogens (primary N) is 1. The van der Waals surface area contributed by atoms with Crippen molar-refractivity contribution < 1.29 is 19.1 Å². The number of amides is 2. The van der Waals surface area contributed by atoms with E-state index in [0.29, 0.717) is 34.1 Å². The molecule has 2 amide bonds. The van der Waals surface area contributed by atoms with Gasteiger partial charge >= 0.3 is 5.97 Å². The number of hydrogen-bond acceptors (Lipinski definition) is 6. The van der Waals surface area contributed by atoms with Crippen LogP contribution in [0.2, 0.25) is 0 Å². The normalized spacial score (nSPS) is 13.8. The molecule has 0 bridgehead atoms. The predicted octanol–water partition coefficient (Wildman–Crippen LogP) is 5.07. The number of carbonyl (C=O) groups is 3. The van der Waals surface area contributed by atoms with Gasteiger partial charge in [-0.15, -0.1) is 11.3 Å². The molecular formula is C28H23N3O4S. The zero-order chi connectivity index (χ0) is 25.1. The van der Waals surface area contributed by atoms with Crippen molar-refractivity contribution in [3.8, 4) is 0 Å². The van der Waals surface area contributed by atoms with E-state index in [2.05, 4.69) is 17.5 Å². The minimum Gasteiger partial charge on any atom is -0.452 e. The van der Waals surface area contributed by atoms with Crippen LogP contribution in [0.25, 0.3) is 22.6 Å². The molecule has 2 aromatic carbocycles. The van der Waals surface area contributed by atoms with Crippen LogP contribution in [0.3, 0.4) is 0 Å². The Morgan fingerprint density at radius 2 is 1.83 bits per heavy atom. The van der Waals surface area contributed by atoms with Crippen LogP contribution in [-0.2, 0) is 16.0 Å². The van der Waals surface area contributed by atoms with Gasteiger partial charge in [-0.1, -0.05) is 24.3 Å². The van der Waals surface area contributed by atoms with E-state index in [9.17, 15) is 14.4 Å². The molecule has 0 saturated heterocycles. The molecule has 3 N–H and O–H groups in total. The number of esters is 1. The number of thiophene rings is 1. The van der Waals surface area contributed by atoms with Crippen molar-refractivity contribution in [3.05, 3.63) is 93.3 Å². The Morgan fingerprint density at radius 3 is 2.58 bits per heavy atom. The molecule has 1 aliphatic rings. The molecule has 0 atom stereocenters. The number of fused-ring (bicyclic) bond motifs is 2. The number of pyridine rings is 1. The Balaban J connectivity index is 1.40. The second kappa shape index (κ2) is 10.1. The fourth-order valence-electron chi connectivity index (χ4n) is 4.37. The number of hydrogen-bond donors (Lipinski definition) is 2. The summed E-state index contributed by atoms with van der Waals surface area (Å²) in [5, 5.41) is 5.40. The van der Waals surface area contributed by atoms with E-state index in [1.807, 2.05) is 35.7 Å². The van der Waals surface area contributed by atoms with Crippen molar-refractivity contribution in [1.29, 1.82) is 0 Å². The van der Waals surface area contributed by atoms with Crippen LogP contribution in [0, 0.1) is 0 Å². The summed E-state index contributed by atoms with van der Waals surface area (Å²) in [5.74, 6) is -1.59. The Bertz CT molecular complexity index is 1490. The van der Waals surface area contributed by atoms with E-state index in [-0.39, 0.29) is 0 Å². The van der Waals surface area contributed by atoms with Gasteiger partial charge in [0.05, 0.1) is 16.8 Å². The van der Waals surface area contributed by atoms with Crippen molar-refractivity contribution >= 4 is 57.4 Å². The molecule has 0 aliphatic heterocycles. The second-order valence-electron chi connectivity index (χ2n) is 8.44. The average molecular weight is 498 g/mol. The van der Waals surface area contributed by atoms with Crippen molar-refractivity contribution in [2.45, 2.75) is 19.3 Å². The zero-order valence-electron chi connectivity index (χ0n) is 19.3. The maximum Gasteiger partial charge on any atom is 0.339 e. The molecule has 8 heteroatoms. The number of aromatic nitrogens is 1. The first-order chi connectivity index (χ1) is 17.5. The Hall–Kier alpha value is -4.30. The van der Waals surface area contributed by atoms with Gasteiger partial charge in [-0.25, -0.2) is 9.78 Å². The molecule has 2 heterocycles. The molecule has 0 fully saturated rings. The Labute approximate surface area is 211 Å². The molecule has 180 valence electrons. The summed E-state index contributed by atoms with van der Waals surface area (Å²) in [4.78, 5) is 43.0. The summed E-state index contributed by atoms with van der Waals surface area (Å²) in [6.07, 6.45) is 4.61. The molecule has 5 rings (SSSR count). The molecule has 0 saturated carbocycles. The fraction of sp³-hybridized carbons (Fsp3) is 0.143. The lowest BCUT2D eigenvalue weighted by molar-refractivity contribution is -0.119. The monoisotopic (exact) mass is 497 g/mol. The lowest BCUT2D eigenvalue weighted by Crippen LogP contribution is -2.22. The summed E-state index contributed by atoms with van der Waals surface area (Å²) in [6, 6.07) is 17.7. The largest absolute Gasteiger partial charge is 0.452 e. The standard InChI is InChI=1S/C28H23N3O4S/c29-27(33)17-10-12-19(13-11-17)30-24(32)16-35-28(34)25-21-7-1-2-9-23(21)31-26-18(5-3-8-22(25)26)15-20-6-4-14-36-20/h1-2,4,6-7,9-15H,3,5,8,16H2,(H2,29,33)(H,30,32)/b18-15+. The summed E-state index contributed by atoms with van der Waals surface area (Å²) < 4.78 is 5.47. The molecule has 4 aromatic rings. The zero-order valence-corrected chi connectivity index (χ0v) is 20.1. The van der Waals surface area contributed by atoms with Gasteiger partial charge in [0.25, 0.3) is 5.91 Å². The van der Waals surface area contributed by atoms with E-state index >= 15 is 0 Å². The van der Waals surface area contributed by atoms with E-state index in [4.69, 9.17) is 15.5 Å². The number of rotatable bonds is 6. The lowest BCUT2D eigenvalue weighted by Gasteiger charge is -2.22. The highest BCUT2D eigenvalue weighted by Crippen LogP contribution is 2.36. The van der Waals surface area contributed by atoms with Crippen LogP contribution in [0.1, 0.15) is 49.7 Å². The summed E-state index contributed by atoms with van der Waals surface area (Å²) in [7, 11) is 0. The van der Waals surface area contributed by atoms with Crippen LogP contribution in [-0.4, -0.2) is 29.4 Å². The van der Waals surface area contributed by atoms with Gasteiger partial charge in [0.15, 0.2) is 6.61 Å². The molecule has 0 unspecified atom stereocenters. The van der Waals surface area contributed by atoms with Crippen LogP contribution >= 0.6 is 11.3 Å². The summed E-state index contributed by atoms with van der Waals surface area (Å²) in [5.41, 5.74) is 9.99. The van der Waals surface area contributed by atoms with E-state index in [0.717, 1.165) is 34.5 Å². The van der Waals surface area contributed by atoms with E-state index < -0.39 is 24.4 Å². The number of anilines is 1. The highest BCUT2D eigenvalue weighted by atomic mass is 32.1. The molecule has 0 radical (unpaired) electrons. The maximum atomic E-state index is 13.3. The van der Waals surface area contributed by atoms with Crippen LogP contribution in [0.15, 0.2) is 66.0 Å². The molecule has 2 aromatic heterocycles. The Kier molecular flexibility index (Phi) is 6.60. The van der Waals surface area contributed by atoms with Crippen molar-refractivity contribution in [1.82, 2.24) is 4.98 Å². The summed E-state index contributed by atoms with van der Waals surface area (Å²) in [6.45, 7) is -0.445. The molecule has 7 nitrogen and oxygen atoms in total. The number of nitrogens with one attached hydrogen (secondary N) is 1. The lowest BCUT2D eigenvalue weighted by atomic mass is 9.86. The maximum absolute atomic E-state index is 13.3. The van der Waals surface area contributed by atoms with Crippen LogP contribution < -0.4 is 11.1 Å². The third-order valence-corrected chi connectivity index (χ3v) is 6.84. The first-order valence-corrected chi connectivity index (χ1v) is 12.4. The number of para-hydroxylation sites is 1. The number of benzene rings is 2. The minimum atomic E-state index is -0.554. The number of primary amides is 1. The number of nitrogens with zero attached hydrogens (tertiary/aromatic N) is 1. The van der Waals surface area contributed by atoms with Gasteiger partial charge in [0, 0.05) is 21.5 Å². The first kappa shape index (κ1) is 23.4. The van der Waals surface area contributed by atoms with Crippen LogP contribution in [0.5, 0.6) is 0 Å². The smallest absolute Gasteiger partial charge is 0.339 e. The van der Waals surface area contributed by atoms with Gasteiger partial charge in [0.2, 0.25) is 5.91 Å². The predicted molar refractivity (Wildman–Crippen MR) is 141 cm³/mol. The van der Waals surface area contributed by atoms with E-state index in [1.54, 1.807) is 23.5 Å². The van der Waals surface area contributed by atoms with Gasteiger partial charge in [-0.2, -0.15) is 0 Å². The van der Waals surface area contributed by atoms with Crippen molar-refractivity contribution in [2.24, 2.45) is 5.73 Å². The molecule has 0 spiro atoms. The van der Waals surface area contributed by atoms with Gasteiger partial charge < -0.3 is 15.8 Å². The highest BCUT2D eigenvalue weighted by Gasteiger charge is 2.26. The van der Waals surface area contributed by atoms with Crippen molar-refractivity contribution in [3.63, 3.8) is 0 Å². The number of ether oxygens (including phenoxy) is 1. The topological polar surface area (TPSA) is 111 Å². The quantitative estimate of drug-likeness (QED) is 0.362. The summed E-state index contributed by atoms with van der Waals surface area (Å²) >= 11 is 1.66. The van der Waals surface area contributed by atoms with E-state index in [1.165, 1.54) is 12.1 Å². The number of allylic oxidation sites excluding steroid dienone is 1. The van der Waals surface area contributed by atoms with Gasteiger partial charge in [-0.3, -0.25) is 9.59 Å². The SMILES string of the molecule is NC(=O)c1ccc(NC(=O)COC(=O)c2c3c(nc4ccccc24)/C(=C/c2cccs2)CCC3)cc1. The minimum absolute atomic E-state index is 0.335. The molecule has 36 heavy (non-hydrogen) atoms. The van der Waals surface area contributed by atoms with Crippen LogP contribution in [0.4, 0.5) is 5.69 Å². The fourth-order valence-corrected chi connectivity index (χ4v) is 5.05. The number of carbonyl (C=O) groups excluding carboxylic acids is 3.